The second-order valence-electron chi connectivity index (χ2n) is 3.79. The minimum Gasteiger partial charge on any atom is -0.507 e. The molecular formula is C12H12BrNO. The van der Waals surface area contributed by atoms with Crippen molar-refractivity contribution in [2.45, 2.75) is 20.8 Å². The summed E-state index contributed by atoms with van der Waals surface area (Å²) in [7, 11) is 0. The van der Waals surface area contributed by atoms with E-state index >= 15 is 0 Å². The van der Waals surface area contributed by atoms with Crippen molar-refractivity contribution in [2.24, 2.45) is 0 Å². The lowest BCUT2D eigenvalue weighted by atomic mass is 10.1. The summed E-state index contributed by atoms with van der Waals surface area (Å²) in [4.78, 5) is 4.50. The highest BCUT2D eigenvalue weighted by molar-refractivity contribution is 9.10. The molecule has 1 N–H and O–H groups in total. The van der Waals surface area contributed by atoms with E-state index in [-0.39, 0.29) is 0 Å². The Bertz CT molecular complexity index is 549. The Morgan fingerprint density at radius 2 is 1.87 bits per heavy atom. The van der Waals surface area contributed by atoms with Crippen LogP contribution in [0.1, 0.15) is 16.8 Å². The van der Waals surface area contributed by atoms with Gasteiger partial charge >= 0.3 is 0 Å². The summed E-state index contributed by atoms with van der Waals surface area (Å²) in [5, 5.41) is 10.8. The average molecular weight is 266 g/mol. The predicted molar refractivity (Wildman–Crippen MR) is 65.3 cm³/mol. The van der Waals surface area contributed by atoms with Crippen LogP contribution in [0, 0.1) is 20.8 Å². The summed E-state index contributed by atoms with van der Waals surface area (Å²) >= 11 is 3.42. The molecule has 0 aliphatic carbocycles. The predicted octanol–water partition coefficient (Wildman–Crippen LogP) is 3.63. The van der Waals surface area contributed by atoms with E-state index in [1.807, 2.05) is 32.9 Å². The van der Waals surface area contributed by atoms with Crippen molar-refractivity contribution in [2.75, 3.05) is 0 Å². The first kappa shape index (κ1) is 10.4. The number of aromatic nitrogens is 1. The largest absolute Gasteiger partial charge is 0.507 e. The van der Waals surface area contributed by atoms with Crippen LogP contribution in [0.5, 0.6) is 5.75 Å². The number of hydrogen-bond donors (Lipinski definition) is 1. The second kappa shape index (κ2) is 3.49. The summed E-state index contributed by atoms with van der Waals surface area (Å²) in [6, 6.07) is 3.90. The van der Waals surface area contributed by atoms with Crippen LogP contribution in [0.25, 0.3) is 10.9 Å². The zero-order valence-electron chi connectivity index (χ0n) is 8.93. The molecule has 3 heteroatoms. The van der Waals surface area contributed by atoms with E-state index < -0.39 is 0 Å². The number of benzene rings is 1. The van der Waals surface area contributed by atoms with Crippen LogP contribution < -0.4 is 0 Å². The SMILES string of the molecule is Cc1nc2c(C)cc(Br)cc2c(O)c1C. The first-order valence-electron chi connectivity index (χ1n) is 4.76. The number of hydrogen-bond acceptors (Lipinski definition) is 2. The Hall–Kier alpha value is -1.09. The van der Waals surface area contributed by atoms with Crippen molar-refractivity contribution < 1.29 is 5.11 Å². The summed E-state index contributed by atoms with van der Waals surface area (Å²) in [5.41, 5.74) is 3.67. The van der Waals surface area contributed by atoms with Crippen LogP contribution >= 0.6 is 15.9 Å². The molecule has 0 bridgehead atoms. The molecular weight excluding hydrogens is 254 g/mol. The van der Waals surface area contributed by atoms with Crippen molar-refractivity contribution in [1.29, 1.82) is 0 Å². The van der Waals surface area contributed by atoms with Crippen molar-refractivity contribution >= 4 is 26.8 Å². The highest BCUT2D eigenvalue weighted by Crippen LogP contribution is 2.32. The third kappa shape index (κ3) is 1.61. The van der Waals surface area contributed by atoms with E-state index in [1.165, 1.54) is 0 Å². The normalized spacial score (nSPS) is 10.9. The molecule has 0 radical (unpaired) electrons. The maximum absolute atomic E-state index is 10.0. The molecule has 78 valence electrons. The molecule has 0 spiro atoms. The smallest absolute Gasteiger partial charge is 0.129 e. The fraction of sp³-hybridized carbons (Fsp3) is 0.250. The molecule has 0 saturated heterocycles. The molecule has 1 aromatic heterocycles. The van der Waals surface area contributed by atoms with E-state index in [2.05, 4.69) is 20.9 Å². The Labute approximate surface area is 97.1 Å². The summed E-state index contributed by atoms with van der Waals surface area (Å²) in [6.45, 7) is 5.79. The summed E-state index contributed by atoms with van der Waals surface area (Å²) in [5.74, 6) is 0.335. The van der Waals surface area contributed by atoms with Crippen molar-refractivity contribution in [1.82, 2.24) is 4.98 Å². The second-order valence-corrected chi connectivity index (χ2v) is 4.71. The number of aryl methyl sites for hydroxylation is 2. The number of fused-ring (bicyclic) bond motifs is 1. The zero-order chi connectivity index (χ0) is 11.2. The van der Waals surface area contributed by atoms with Crippen LogP contribution in [0.3, 0.4) is 0 Å². The maximum Gasteiger partial charge on any atom is 0.129 e. The zero-order valence-corrected chi connectivity index (χ0v) is 10.5. The number of rotatable bonds is 0. The van der Waals surface area contributed by atoms with Crippen LogP contribution in [-0.4, -0.2) is 10.1 Å². The topological polar surface area (TPSA) is 33.1 Å². The van der Waals surface area contributed by atoms with Crippen molar-refractivity contribution in [3.05, 3.63) is 33.4 Å². The van der Waals surface area contributed by atoms with Crippen LogP contribution in [0.4, 0.5) is 0 Å². The lowest BCUT2D eigenvalue weighted by Gasteiger charge is -2.09. The number of pyridine rings is 1. The van der Waals surface area contributed by atoms with Gasteiger partial charge in [-0.25, -0.2) is 0 Å². The fourth-order valence-corrected chi connectivity index (χ4v) is 2.26. The molecule has 0 aliphatic heterocycles. The molecule has 2 rings (SSSR count). The summed E-state index contributed by atoms with van der Waals surface area (Å²) < 4.78 is 0.966. The van der Waals surface area contributed by atoms with E-state index in [4.69, 9.17) is 0 Å². The Balaban J connectivity index is 2.98. The quantitative estimate of drug-likeness (QED) is 0.789. The van der Waals surface area contributed by atoms with Gasteiger partial charge in [-0.2, -0.15) is 0 Å². The molecule has 0 saturated carbocycles. The van der Waals surface area contributed by atoms with Crippen LogP contribution in [-0.2, 0) is 0 Å². The van der Waals surface area contributed by atoms with E-state index in [0.29, 0.717) is 5.75 Å². The van der Waals surface area contributed by atoms with E-state index in [1.54, 1.807) is 0 Å². The minimum absolute atomic E-state index is 0.335. The van der Waals surface area contributed by atoms with Gasteiger partial charge in [0.15, 0.2) is 0 Å². The first-order chi connectivity index (χ1) is 7.00. The molecule has 2 aromatic rings. The molecule has 2 nitrogen and oxygen atoms in total. The van der Waals surface area contributed by atoms with Gasteiger partial charge in [0.25, 0.3) is 0 Å². The van der Waals surface area contributed by atoms with E-state index in [0.717, 1.165) is 32.2 Å². The van der Waals surface area contributed by atoms with Gasteiger partial charge in [-0.05, 0) is 38.5 Å². The third-order valence-corrected chi connectivity index (χ3v) is 3.16. The van der Waals surface area contributed by atoms with Gasteiger partial charge in [0.05, 0.1) is 5.52 Å². The number of nitrogens with zero attached hydrogens (tertiary/aromatic N) is 1. The molecule has 0 fully saturated rings. The van der Waals surface area contributed by atoms with Gasteiger partial charge < -0.3 is 5.11 Å². The van der Waals surface area contributed by atoms with Gasteiger partial charge in [0.1, 0.15) is 5.75 Å². The Morgan fingerprint density at radius 3 is 2.53 bits per heavy atom. The molecule has 0 aliphatic rings. The van der Waals surface area contributed by atoms with Crippen molar-refractivity contribution in [3.63, 3.8) is 0 Å². The van der Waals surface area contributed by atoms with Gasteiger partial charge in [-0.3, -0.25) is 4.98 Å². The van der Waals surface area contributed by atoms with Gasteiger partial charge in [-0.15, -0.1) is 0 Å². The van der Waals surface area contributed by atoms with E-state index in [9.17, 15) is 5.11 Å². The van der Waals surface area contributed by atoms with Crippen LogP contribution in [0.15, 0.2) is 16.6 Å². The molecule has 0 unspecified atom stereocenters. The average Bonchev–Trinajstić information content (AvgIpc) is 2.17. The number of halogens is 1. The fourth-order valence-electron chi connectivity index (χ4n) is 1.69. The third-order valence-electron chi connectivity index (χ3n) is 2.70. The lowest BCUT2D eigenvalue weighted by Crippen LogP contribution is -1.92. The summed E-state index contributed by atoms with van der Waals surface area (Å²) in [6.07, 6.45) is 0. The van der Waals surface area contributed by atoms with Gasteiger partial charge in [-0.1, -0.05) is 15.9 Å². The van der Waals surface area contributed by atoms with Gasteiger partial charge in [0, 0.05) is 21.1 Å². The minimum atomic E-state index is 0.335. The molecule has 0 atom stereocenters. The standard InChI is InChI=1S/C12H12BrNO/c1-6-4-9(13)5-10-11(6)14-8(3)7(2)12(10)15/h4-5H,1-3H3,(H,14,15). The first-order valence-corrected chi connectivity index (χ1v) is 5.56. The maximum atomic E-state index is 10.0. The molecule has 1 heterocycles. The van der Waals surface area contributed by atoms with Gasteiger partial charge in [0.2, 0.25) is 0 Å². The highest BCUT2D eigenvalue weighted by Gasteiger charge is 2.10. The Kier molecular flexibility index (Phi) is 2.43. The Morgan fingerprint density at radius 1 is 1.20 bits per heavy atom. The monoisotopic (exact) mass is 265 g/mol. The molecule has 15 heavy (non-hydrogen) atoms. The lowest BCUT2D eigenvalue weighted by molar-refractivity contribution is 0.476. The van der Waals surface area contributed by atoms with Crippen molar-refractivity contribution in [3.8, 4) is 5.75 Å². The highest BCUT2D eigenvalue weighted by atomic mass is 79.9. The van der Waals surface area contributed by atoms with Crippen LogP contribution in [0.2, 0.25) is 0 Å². The molecule has 0 amide bonds. The molecule has 1 aromatic carbocycles. The number of aromatic hydroxyl groups is 1.